The lowest BCUT2D eigenvalue weighted by molar-refractivity contribution is 0.122. The molecule has 1 aromatic heterocycles. The lowest BCUT2D eigenvalue weighted by Gasteiger charge is -2.28. The van der Waals surface area contributed by atoms with E-state index in [1.807, 2.05) is 6.20 Å². The van der Waals surface area contributed by atoms with Gasteiger partial charge in [-0.2, -0.15) is 0 Å². The Morgan fingerprint density at radius 1 is 1.38 bits per heavy atom. The quantitative estimate of drug-likeness (QED) is 0.782. The van der Waals surface area contributed by atoms with Crippen molar-refractivity contribution in [1.29, 1.82) is 0 Å². The maximum atomic E-state index is 5.33. The Morgan fingerprint density at radius 2 is 2.12 bits per heavy atom. The molecule has 16 heavy (non-hydrogen) atoms. The number of hydrogen-bond acceptors (Lipinski definition) is 3. The molecule has 3 heteroatoms. The fraction of sp³-hybridized carbons (Fsp3) is 0.615. The van der Waals surface area contributed by atoms with Crippen molar-refractivity contribution < 1.29 is 4.74 Å². The van der Waals surface area contributed by atoms with Gasteiger partial charge >= 0.3 is 0 Å². The molecule has 0 bridgehead atoms. The number of anilines is 1. The van der Waals surface area contributed by atoms with Gasteiger partial charge in [0.05, 0.1) is 13.2 Å². The molecule has 88 valence electrons. The second-order valence-corrected chi connectivity index (χ2v) is 4.36. The average Bonchev–Trinajstić information content (AvgIpc) is 2.39. The minimum absolute atomic E-state index is 0.603. The van der Waals surface area contributed by atoms with Crippen molar-refractivity contribution in [3.05, 3.63) is 23.9 Å². The van der Waals surface area contributed by atoms with E-state index in [-0.39, 0.29) is 0 Å². The highest BCUT2D eigenvalue weighted by Gasteiger charge is 2.12. The van der Waals surface area contributed by atoms with Gasteiger partial charge in [-0.05, 0) is 24.0 Å². The molecule has 0 aliphatic carbocycles. The van der Waals surface area contributed by atoms with E-state index in [0.717, 1.165) is 32.1 Å². The van der Waals surface area contributed by atoms with Crippen molar-refractivity contribution >= 4 is 5.82 Å². The van der Waals surface area contributed by atoms with Crippen LogP contribution in [0.15, 0.2) is 18.3 Å². The molecule has 2 heterocycles. The van der Waals surface area contributed by atoms with Crippen molar-refractivity contribution in [3.63, 3.8) is 0 Å². The second kappa shape index (κ2) is 5.30. The SMILES string of the molecule is CCC(C)c1ccc(N2CCOCC2)nc1. The number of morpholine rings is 1. The van der Waals surface area contributed by atoms with Crippen LogP contribution in [-0.4, -0.2) is 31.3 Å². The first kappa shape index (κ1) is 11.4. The number of ether oxygens (including phenoxy) is 1. The van der Waals surface area contributed by atoms with Crippen molar-refractivity contribution in [2.24, 2.45) is 0 Å². The normalized spacial score (nSPS) is 18.5. The van der Waals surface area contributed by atoms with Gasteiger partial charge in [-0.1, -0.05) is 19.9 Å². The number of nitrogens with zero attached hydrogens (tertiary/aromatic N) is 2. The van der Waals surface area contributed by atoms with Gasteiger partial charge < -0.3 is 9.64 Å². The highest BCUT2D eigenvalue weighted by atomic mass is 16.5. The van der Waals surface area contributed by atoms with Crippen LogP contribution in [0.1, 0.15) is 31.7 Å². The van der Waals surface area contributed by atoms with Gasteiger partial charge in [0.2, 0.25) is 0 Å². The molecule has 1 aliphatic rings. The molecule has 3 nitrogen and oxygen atoms in total. The maximum Gasteiger partial charge on any atom is 0.128 e. The van der Waals surface area contributed by atoms with Crippen LogP contribution >= 0.6 is 0 Å². The maximum absolute atomic E-state index is 5.33. The van der Waals surface area contributed by atoms with Crippen LogP contribution in [0.2, 0.25) is 0 Å². The molecular formula is C13H20N2O. The van der Waals surface area contributed by atoms with Crippen LogP contribution in [0.3, 0.4) is 0 Å². The van der Waals surface area contributed by atoms with Crippen molar-refractivity contribution in [2.75, 3.05) is 31.2 Å². The van der Waals surface area contributed by atoms with Gasteiger partial charge in [-0.25, -0.2) is 4.98 Å². The van der Waals surface area contributed by atoms with Gasteiger partial charge in [0.1, 0.15) is 5.82 Å². The summed E-state index contributed by atoms with van der Waals surface area (Å²) in [5.41, 5.74) is 1.33. The van der Waals surface area contributed by atoms with Crippen LogP contribution in [0.25, 0.3) is 0 Å². The second-order valence-electron chi connectivity index (χ2n) is 4.36. The third kappa shape index (κ3) is 2.53. The highest BCUT2D eigenvalue weighted by molar-refractivity contribution is 5.40. The Balaban J connectivity index is 2.06. The zero-order valence-corrected chi connectivity index (χ0v) is 10.1. The molecule has 0 radical (unpaired) electrons. The van der Waals surface area contributed by atoms with Crippen molar-refractivity contribution in [1.82, 2.24) is 4.98 Å². The van der Waals surface area contributed by atoms with Crippen LogP contribution in [-0.2, 0) is 4.74 Å². The van der Waals surface area contributed by atoms with Gasteiger partial charge in [0.25, 0.3) is 0 Å². The molecule has 0 aromatic carbocycles. The fourth-order valence-corrected chi connectivity index (χ4v) is 1.90. The summed E-state index contributed by atoms with van der Waals surface area (Å²) in [6, 6.07) is 4.33. The smallest absolute Gasteiger partial charge is 0.128 e. The molecule has 0 N–H and O–H groups in total. The average molecular weight is 220 g/mol. The number of hydrogen-bond donors (Lipinski definition) is 0. The first-order valence-corrected chi connectivity index (χ1v) is 6.10. The van der Waals surface area contributed by atoms with Crippen LogP contribution in [0.5, 0.6) is 0 Å². The van der Waals surface area contributed by atoms with E-state index in [0.29, 0.717) is 5.92 Å². The molecular weight excluding hydrogens is 200 g/mol. The van der Waals surface area contributed by atoms with Crippen LogP contribution < -0.4 is 4.90 Å². The molecule has 1 atom stereocenters. The Labute approximate surface area is 97.4 Å². The molecule has 1 aliphatic heterocycles. The minimum Gasteiger partial charge on any atom is -0.378 e. The summed E-state index contributed by atoms with van der Waals surface area (Å²) in [6.45, 7) is 7.99. The summed E-state index contributed by atoms with van der Waals surface area (Å²) in [6.07, 6.45) is 3.18. The Hall–Kier alpha value is -1.09. The molecule has 0 saturated carbocycles. The Bertz CT molecular complexity index is 317. The molecule has 1 saturated heterocycles. The van der Waals surface area contributed by atoms with E-state index in [9.17, 15) is 0 Å². The number of pyridine rings is 1. The molecule has 2 rings (SSSR count). The first-order chi connectivity index (χ1) is 7.81. The summed E-state index contributed by atoms with van der Waals surface area (Å²) in [5, 5.41) is 0. The molecule has 1 aromatic rings. The molecule has 0 amide bonds. The zero-order chi connectivity index (χ0) is 11.4. The summed E-state index contributed by atoms with van der Waals surface area (Å²) >= 11 is 0. The van der Waals surface area contributed by atoms with E-state index >= 15 is 0 Å². The van der Waals surface area contributed by atoms with Crippen molar-refractivity contribution in [3.8, 4) is 0 Å². The van der Waals surface area contributed by atoms with E-state index in [4.69, 9.17) is 4.74 Å². The van der Waals surface area contributed by atoms with Crippen LogP contribution in [0.4, 0.5) is 5.82 Å². The van der Waals surface area contributed by atoms with Gasteiger partial charge in [0.15, 0.2) is 0 Å². The van der Waals surface area contributed by atoms with Gasteiger partial charge in [-0.3, -0.25) is 0 Å². The van der Waals surface area contributed by atoms with Crippen molar-refractivity contribution in [2.45, 2.75) is 26.2 Å². The highest BCUT2D eigenvalue weighted by Crippen LogP contribution is 2.20. The largest absolute Gasteiger partial charge is 0.378 e. The summed E-state index contributed by atoms with van der Waals surface area (Å²) in [4.78, 5) is 6.82. The topological polar surface area (TPSA) is 25.4 Å². The predicted octanol–water partition coefficient (Wildman–Crippen LogP) is 2.43. The lowest BCUT2D eigenvalue weighted by Crippen LogP contribution is -2.36. The zero-order valence-electron chi connectivity index (χ0n) is 10.1. The fourth-order valence-electron chi connectivity index (χ4n) is 1.90. The van der Waals surface area contributed by atoms with Gasteiger partial charge in [-0.15, -0.1) is 0 Å². The first-order valence-electron chi connectivity index (χ1n) is 6.10. The lowest BCUT2D eigenvalue weighted by atomic mass is 10.0. The molecule has 1 fully saturated rings. The number of aromatic nitrogens is 1. The third-order valence-electron chi connectivity index (χ3n) is 3.29. The molecule has 1 unspecified atom stereocenters. The van der Waals surface area contributed by atoms with E-state index < -0.39 is 0 Å². The monoisotopic (exact) mass is 220 g/mol. The Kier molecular flexibility index (Phi) is 3.78. The summed E-state index contributed by atoms with van der Waals surface area (Å²) in [5.74, 6) is 1.68. The number of rotatable bonds is 3. The summed E-state index contributed by atoms with van der Waals surface area (Å²) in [7, 11) is 0. The van der Waals surface area contributed by atoms with E-state index in [2.05, 4.69) is 35.9 Å². The summed E-state index contributed by atoms with van der Waals surface area (Å²) < 4.78 is 5.33. The van der Waals surface area contributed by atoms with Crippen LogP contribution in [0, 0.1) is 0 Å². The predicted molar refractivity (Wildman–Crippen MR) is 66.0 cm³/mol. The minimum atomic E-state index is 0.603. The standard InChI is InChI=1S/C13H20N2O/c1-3-11(2)12-4-5-13(14-10-12)15-6-8-16-9-7-15/h4-5,10-11H,3,6-9H2,1-2H3. The molecule has 0 spiro atoms. The Morgan fingerprint density at radius 3 is 2.69 bits per heavy atom. The van der Waals surface area contributed by atoms with E-state index in [1.54, 1.807) is 0 Å². The van der Waals surface area contributed by atoms with Gasteiger partial charge in [0, 0.05) is 19.3 Å². The third-order valence-corrected chi connectivity index (χ3v) is 3.29. The van der Waals surface area contributed by atoms with E-state index in [1.165, 1.54) is 12.0 Å².